The molecule has 1 fully saturated rings. The van der Waals surface area contributed by atoms with Crippen molar-refractivity contribution in [3.63, 3.8) is 0 Å². The molecule has 0 bridgehead atoms. The molecule has 1 saturated heterocycles. The lowest BCUT2D eigenvalue weighted by Crippen LogP contribution is -2.19. The number of nitrogens with one attached hydrogen (secondary N) is 1. The smallest absolute Gasteiger partial charge is 0.264 e. The van der Waals surface area contributed by atoms with Crippen LogP contribution in [0.5, 0.6) is 11.5 Å². The Kier molecular flexibility index (Phi) is 6.68. The van der Waals surface area contributed by atoms with E-state index in [4.69, 9.17) is 27.5 Å². The third kappa shape index (κ3) is 4.71. The van der Waals surface area contributed by atoms with Gasteiger partial charge in [0, 0.05) is 10.0 Å². The molecule has 0 unspecified atom stereocenters. The van der Waals surface area contributed by atoms with Crippen LogP contribution in [0.25, 0.3) is 6.08 Å². The van der Waals surface area contributed by atoms with Crippen molar-refractivity contribution in [2.75, 3.05) is 13.7 Å². The molecule has 28 heavy (non-hydrogen) atoms. The number of para-hydroxylation sites is 1. The highest BCUT2D eigenvalue weighted by Crippen LogP contribution is 2.38. The van der Waals surface area contributed by atoms with Gasteiger partial charge in [-0.05, 0) is 42.1 Å². The normalized spacial score (nSPS) is 16.1. The summed E-state index contributed by atoms with van der Waals surface area (Å²) in [6.45, 7) is 0.0761. The maximum atomic E-state index is 12.4. The maximum Gasteiger partial charge on any atom is 0.264 e. The van der Waals surface area contributed by atoms with Gasteiger partial charge >= 0.3 is 0 Å². The monoisotopic (exact) mass is 476 g/mol. The van der Waals surface area contributed by atoms with Gasteiger partial charge in [-0.3, -0.25) is 4.79 Å². The van der Waals surface area contributed by atoms with Gasteiger partial charge < -0.3 is 14.8 Å². The Hall–Kier alpha value is -2.40. The number of carbonyl (C=O) groups excluding carboxylic acids is 1. The van der Waals surface area contributed by atoms with E-state index in [0.29, 0.717) is 37.8 Å². The van der Waals surface area contributed by atoms with Crippen molar-refractivity contribution >= 4 is 62.1 Å². The van der Waals surface area contributed by atoms with Crippen molar-refractivity contribution in [2.24, 2.45) is 4.99 Å². The number of halogens is 2. The summed E-state index contributed by atoms with van der Waals surface area (Å²) in [7, 11) is 1.53. The van der Waals surface area contributed by atoms with Crippen LogP contribution in [0.2, 0.25) is 5.02 Å². The second-order valence-electron chi connectivity index (χ2n) is 5.45. The maximum absolute atomic E-state index is 12.4. The van der Waals surface area contributed by atoms with E-state index >= 15 is 0 Å². The Balaban J connectivity index is 1.96. The molecular weight excluding hydrogens is 464 g/mol. The fourth-order valence-electron chi connectivity index (χ4n) is 2.39. The highest BCUT2D eigenvalue weighted by atomic mass is 79.9. The third-order valence-corrected chi connectivity index (χ3v) is 5.27. The summed E-state index contributed by atoms with van der Waals surface area (Å²) in [6, 6.07) is 10.7. The molecule has 5 nitrogen and oxygen atoms in total. The summed E-state index contributed by atoms with van der Waals surface area (Å²) in [6.07, 6.45) is 7.00. The third-order valence-electron chi connectivity index (χ3n) is 3.58. The van der Waals surface area contributed by atoms with E-state index in [2.05, 4.69) is 32.2 Å². The molecule has 2 aromatic carbocycles. The van der Waals surface area contributed by atoms with E-state index in [9.17, 15) is 4.79 Å². The van der Waals surface area contributed by atoms with Gasteiger partial charge in [-0.15, -0.1) is 6.42 Å². The average molecular weight is 478 g/mol. The van der Waals surface area contributed by atoms with Gasteiger partial charge in [-0.1, -0.05) is 45.6 Å². The Bertz CT molecular complexity index is 1030. The SMILES string of the molecule is C#CCOc1c(/C=C2/SC(=Nc3ccccc3Cl)NC2=O)cc(Br)cc1OC. The number of terminal acetylenes is 1. The second kappa shape index (κ2) is 9.20. The lowest BCUT2D eigenvalue weighted by atomic mass is 10.1. The zero-order chi connectivity index (χ0) is 20.1. The molecule has 0 radical (unpaired) electrons. The Labute approximate surface area is 180 Å². The minimum atomic E-state index is -0.266. The Morgan fingerprint density at radius 1 is 1.39 bits per heavy atom. The fraction of sp³-hybridized carbons (Fsp3) is 0.100. The summed E-state index contributed by atoms with van der Waals surface area (Å²) in [5, 5.41) is 3.68. The molecule has 2 aromatic rings. The van der Waals surface area contributed by atoms with Gasteiger partial charge in [0.1, 0.15) is 6.61 Å². The summed E-state index contributed by atoms with van der Waals surface area (Å²) >= 11 is 10.8. The predicted octanol–water partition coefficient (Wildman–Crippen LogP) is 5.01. The number of carbonyl (C=O) groups is 1. The molecule has 0 aromatic heterocycles. The molecule has 1 amide bonds. The predicted molar refractivity (Wildman–Crippen MR) is 117 cm³/mol. The topological polar surface area (TPSA) is 59.9 Å². The van der Waals surface area contributed by atoms with Crippen LogP contribution in [0.3, 0.4) is 0 Å². The number of hydrogen-bond acceptors (Lipinski definition) is 5. The van der Waals surface area contributed by atoms with Gasteiger partial charge in [0.25, 0.3) is 5.91 Å². The minimum Gasteiger partial charge on any atom is -0.493 e. The quantitative estimate of drug-likeness (QED) is 0.485. The molecular formula is C20H14BrClN2O3S. The van der Waals surface area contributed by atoms with Crippen molar-refractivity contribution in [3.05, 3.63) is 56.4 Å². The van der Waals surface area contributed by atoms with E-state index in [0.717, 1.165) is 4.47 Å². The number of hydrogen-bond donors (Lipinski definition) is 1. The highest BCUT2D eigenvalue weighted by Gasteiger charge is 2.25. The van der Waals surface area contributed by atoms with Crippen LogP contribution in [-0.2, 0) is 4.79 Å². The van der Waals surface area contributed by atoms with Crippen molar-refractivity contribution in [3.8, 4) is 23.8 Å². The largest absolute Gasteiger partial charge is 0.493 e. The summed E-state index contributed by atoms with van der Waals surface area (Å²) in [5.74, 6) is 3.12. The lowest BCUT2D eigenvalue weighted by molar-refractivity contribution is -0.115. The molecule has 1 aliphatic heterocycles. The number of aliphatic imine (C=N–C) groups is 1. The number of benzene rings is 2. The number of thioether (sulfide) groups is 1. The second-order valence-corrected chi connectivity index (χ2v) is 7.81. The minimum absolute atomic E-state index is 0.0761. The number of methoxy groups -OCH3 is 1. The van der Waals surface area contributed by atoms with Crippen LogP contribution in [-0.4, -0.2) is 24.8 Å². The summed E-state index contributed by atoms with van der Waals surface area (Å²) < 4.78 is 11.8. The molecule has 0 spiro atoms. The average Bonchev–Trinajstić information content (AvgIpc) is 3.01. The molecule has 8 heteroatoms. The first-order valence-corrected chi connectivity index (χ1v) is 9.98. The van der Waals surface area contributed by atoms with Crippen molar-refractivity contribution in [2.45, 2.75) is 0 Å². The molecule has 1 aliphatic rings. The van der Waals surface area contributed by atoms with Crippen molar-refractivity contribution < 1.29 is 14.3 Å². The van der Waals surface area contributed by atoms with Gasteiger partial charge in [-0.25, -0.2) is 4.99 Å². The fourth-order valence-corrected chi connectivity index (χ4v) is 3.85. The lowest BCUT2D eigenvalue weighted by Gasteiger charge is -2.12. The Morgan fingerprint density at radius 2 is 2.18 bits per heavy atom. The number of amidine groups is 1. The van der Waals surface area contributed by atoms with Crippen molar-refractivity contribution in [1.29, 1.82) is 0 Å². The van der Waals surface area contributed by atoms with Gasteiger partial charge in [0.05, 0.1) is 22.7 Å². The number of nitrogens with zero attached hydrogens (tertiary/aromatic N) is 1. The molecule has 0 aliphatic carbocycles. The standard InChI is InChI=1S/C20H14BrClN2O3S/c1-3-8-27-18-12(9-13(21)11-16(18)26-2)10-17-19(25)24-20(28-17)23-15-7-5-4-6-14(15)22/h1,4-7,9-11H,8H2,2H3,(H,23,24,25)/b17-10+. The van der Waals surface area contributed by atoms with Gasteiger partial charge in [0.2, 0.25) is 0 Å². The first kappa shape index (κ1) is 20.3. The zero-order valence-electron chi connectivity index (χ0n) is 14.7. The van der Waals surface area contributed by atoms with E-state index in [-0.39, 0.29) is 12.5 Å². The van der Waals surface area contributed by atoms with Crippen LogP contribution in [0, 0.1) is 12.3 Å². The highest BCUT2D eigenvalue weighted by molar-refractivity contribution is 9.10. The van der Waals surface area contributed by atoms with E-state index in [1.54, 1.807) is 24.3 Å². The summed E-state index contributed by atoms with van der Waals surface area (Å²) in [4.78, 5) is 17.3. The van der Waals surface area contributed by atoms with Crippen molar-refractivity contribution in [1.82, 2.24) is 5.32 Å². The molecule has 3 rings (SSSR count). The van der Waals surface area contributed by atoms with Gasteiger partial charge in [0.15, 0.2) is 16.7 Å². The first-order valence-electron chi connectivity index (χ1n) is 7.99. The number of rotatable bonds is 5. The molecule has 1 N–H and O–H groups in total. The van der Waals surface area contributed by atoms with Crippen LogP contribution >= 0.6 is 39.3 Å². The molecule has 0 saturated carbocycles. The van der Waals surface area contributed by atoms with Gasteiger partial charge in [-0.2, -0.15) is 0 Å². The molecule has 1 heterocycles. The van der Waals surface area contributed by atoms with E-state index < -0.39 is 0 Å². The van der Waals surface area contributed by atoms with Crippen LogP contribution in [0.1, 0.15) is 5.56 Å². The van der Waals surface area contributed by atoms with Crippen LogP contribution in [0.15, 0.2) is 50.8 Å². The first-order chi connectivity index (χ1) is 13.5. The Morgan fingerprint density at radius 3 is 2.89 bits per heavy atom. The number of amides is 1. The summed E-state index contributed by atoms with van der Waals surface area (Å²) in [5.41, 5.74) is 1.23. The van der Waals surface area contributed by atoms with Crippen LogP contribution in [0.4, 0.5) is 5.69 Å². The molecule has 0 atom stereocenters. The zero-order valence-corrected chi connectivity index (χ0v) is 17.8. The molecule has 142 valence electrons. The number of ether oxygens (including phenoxy) is 2. The van der Waals surface area contributed by atoms with E-state index in [1.165, 1.54) is 18.9 Å². The van der Waals surface area contributed by atoms with Crippen LogP contribution < -0.4 is 14.8 Å². The van der Waals surface area contributed by atoms with E-state index in [1.807, 2.05) is 18.2 Å².